The molecule has 5 heteroatoms. The zero-order valence-corrected chi connectivity index (χ0v) is 14.7. The van der Waals surface area contributed by atoms with Crippen molar-refractivity contribution in [2.45, 2.75) is 51.6 Å². The number of ether oxygens (including phenoxy) is 3. The Labute approximate surface area is 148 Å². The summed E-state index contributed by atoms with van der Waals surface area (Å²) in [5, 5.41) is 0. The predicted molar refractivity (Wildman–Crippen MR) is 92.0 cm³/mol. The van der Waals surface area contributed by atoms with Crippen LogP contribution in [-0.2, 0) is 4.74 Å². The maximum atomic E-state index is 14.0. The van der Waals surface area contributed by atoms with Crippen molar-refractivity contribution in [3.8, 4) is 11.5 Å². The monoisotopic (exact) mass is 352 g/mol. The van der Waals surface area contributed by atoms with E-state index in [4.69, 9.17) is 14.2 Å². The molecule has 1 unspecified atom stereocenters. The quantitative estimate of drug-likeness (QED) is 0.672. The molecule has 25 heavy (non-hydrogen) atoms. The van der Waals surface area contributed by atoms with Crippen molar-refractivity contribution < 1.29 is 23.0 Å². The van der Waals surface area contributed by atoms with E-state index < -0.39 is 11.6 Å². The Morgan fingerprint density at radius 1 is 1.04 bits per heavy atom. The maximum Gasteiger partial charge on any atom is 0.204 e. The van der Waals surface area contributed by atoms with Crippen molar-refractivity contribution in [3.05, 3.63) is 35.4 Å². The molecule has 0 bridgehead atoms. The van der Waals surface area contributed by atoms with Gasteiger partial charge >= 0.3 is 0 Å². The summed E-state index contributed by atoms with van der Waals surface area (Å²) >= 11 is 0. The molecule has 1 aromatic rings. The highest BCUT2D eigenvalue weighted by molar-refractivity contribution is 5.35. The molecule has 3 nitrogen and oxygen atoms in total. The van der Waals surface area contributed by atoms with Crippen molar-refractivity contribution in [3.63, 3.8) is 0 Å². The van der Waals surface area contributed by atoms with Crippen molar-refractivity contribution in [1.29, 1.82) is 0 Å². The van der Waals surface area contributed by atoms with Crippen LogP contribution in [0, 0.1) is 17.6 Å². The zero-order valence-electron chi connectivity index (χ0n) is 14.7. The number of benzene rings is 1. The van der Waals surface area contributed by atoms with Crippen LogP contribution in [0.5, 0.6) is 11.5 Å². The summed E-state index contributed by atoms with van der Waals surface area (Å²) in [4.78, 5) is 0. The molecule has 1 aliphatic heterocycles. The van der Waals surface area contributed by atoms with Gasteiger partial charge in [0.05, 0.1) is 19.3 Å². The van der Waals surface area contributed by atoms with Gasteiger partial charge in [-0.2, -0.15) is 8.78 Å². The SMILES string of the molecule is CCOc1ccc(OCC2CC=C(C3CCCCC3)CO2)c(F)c1F. The Morgan fingerprint density at radius 3 is 2.32 bits per heavy atom. The molecule has 0 N–H and O–H groups in total. The molecule has 3 rings (SSSR count). The Hall–Kier alpha value is -1.62. The predicted octanol–water partition coefficient (Wildman–Crippen LogP) is 5.04. The molecule has 1 atom stereocenters. The van der Waals surface area contributed by atoms with E-state index in [2.05, 4.69) is 6.08 Å². The third kappa shape index (κ3) is 4.51. The fourth-order valence-electron chi connectivity index (χ4n) is 3.57. The summed E-state index contributed by atoms with van der Waals surface area (Å²) < 4.78 is 44.2. The molecular formula is C20H26F2O3. The minimum atomic E-state index is -1.01. The van der Waals surface area contributed by atoms with Gasteiger partial charge in [0.1, 0.15) is 6.61 Å². The van der Waals surface area contributed by atoms with Crippen LogP contribution in [0.25, 0.3) is 0 Å². The Bertz CT molecular complexity index is 609. The van der Waals surface area contributed by atoms with Crippen molar-refractivity contribution >= 4 is 0 Å². The van der Waals surface area contributed by atoms with Crippen molar-refractivity contribution in [1.82, 2.24) is 0 Å². The van der Waals surface area contributed by atoms with Crippen molar-refractivity contribution in [2.75, 3.05) is 19.8 Å². The average molecular weight is 352 g/mol. The van der Waals surface area contributed by atoms with Gasteiger partial charge in [0, 0.05) is 0 Å². The smallest absolute Gasteiger partial charge is 0.204 e. The molecule has 1 fully saturated rings. The van der Waals surface area contributed by atoms with Crippen molar-refractivity contribution in [2.24, 2.45) is 5.92 Å². The number of hydrogen-bond donors (Lipinski definition) is 0. The third-order valence-corrected chi connectivity index (χ3v) is 4.99. The molecule has 1 aromatic carbocycles. The lowest BCUT2D eigenvalue weighted by Crippen LogP contribution is -2.28. The normalized spacial score (nSPS) is 21.7. The van der Waals surface area contributed by atoms with Gasteiger partial charge in [0.2, 0.25) is 11.6 Å². The van der Waals surface area contributed by atoms with E-state index in [-0.39, 0.29) is 30.8 Å². The van der Waals surface area contributed by atoms with Gasteiger partial charge in [0.25, 0.3) is 0 Å². The van der Waals surface area contributed by atoms with Gasteiger partial charge in [-0.25, -0.2) is 0 Å². The van der Waals surface area contributed by atoms with Crippen LogP contribution in [0.15, 0.2) is 23.8 Å². The van der Waals surface area contributed by atoms with E-state index in [1.807, 2.05) is 0 Å². The first-order valence-corrected chi connectivity index (χ1v) is 9.23. The highest BCUT2D eigenvalue weighted by atomic mass is 19.2. The summed E-state index contributed by atoms with van der Waals surface area (Å²) in [7, 11) is 0. The summed E-state index contributed by atoms with van der Waals surface area (Å²) in [6.45, 7) is 2.83. The van der Waals surface area contributed by atoms with Crippen LogP contribution in [0.2, 0.25) is 0 Å². The van der Waals surface area contributed by atoms with Gasteiger partial charge in [-0.15, -0.1) is 0 Å². The summed E-state index contributed by atoms with van der Waals surface area (Å²) in [6.07, 6.45) is 9.34. The fourth-order valence-corrected chi connectivity index (χ4v) is 3.57. The van der Waals surface area contributed by atoms with Crippen LogP contribution in [0.1, 0.15) is 45.4 Å². The van der Waals surface area contributed by atoms with Crippen LogP contribution in [0.4, 0.5) is 8.78 Å². The summed E-state index contributed by atoms with van der Waals surface area (Å²) in [5.41, 5.74) is 1.40. The minimum absolute atomic E-state index is 0.0960. The molecule has 0 spiro atoms. The second kappa shape index (κ2) is 8.65. The van der Waals surface area contributed by atoms with Crippen LogP contribution in [-0.4, -0.2) is 25.9 Å². The number of rotatable bonds is 6. The highest BCUT2D eigenvalue weighted by Crippen LogP contribution is 2.32. The third-order valence-electron chi connectivity index (χ3n) is 4.99. The minimum Gasteiger partial charge on any atom is -0.491 e. The largest absolute Gasteiger partial charge is 0.491 e. The second-order valence-electron chi connectivity index (χ2n) is 6.72. The maximum absolute atomic E-state index is 14.0. The molecule has 138 valence electrons. The van der Waals surface area contributed by atoms with Gasteiger partial charge < -0.3 is 14.2 Å². The first-order valence-electron chi connectivity index (χ1n) is 9.23. The van der Waals surface area contributed by atoms with E-state index in [1.165, 1.54) is 49.8 Å². The van der Waals surface area contributed by atoms with Crippen LogP contribution < -0.4 is 9.47 Å². The van der Waals surface area contributed by atoms with Gasteiger partial charge in [-0.1, -0.05) is 25.3 Å². The number of hydrogen-bond acceptors (Lipinski definition) is 3. The highest BCUT2D eigenvalue weighted by Gasteiger charge is 2.23. The molecular weight excluding hydrogens is 326 g/mol. The first kappa shape index (κ1) is 18.2. The van der Waals surface area contributed by atoms with E-state index in [9.17, 15) is 8.78 Å². The second-order valence-corrected chi connectivity index (χ2v) is 6.72. The van der Waals surface area contributed by atoms with E-state index in [1.54, 1.807) is 6.92 Å². The van der Waals surface area contributed by atoms with Gasteiger partial charge in [-0.05, 0) is 49.8 Å². The molecule has 1 heterocycles. The van der Waals surface area contributed by atoms with Gasteiger partial charge in [0.15, 0.2) is 11.5 Å². The standard InChI is InChI=1S/C20H26F2O3/c1-2-23-17-10-11-18(20(22)19(17)21)25-13-16-9-8-15(12-24-16)14-6-4-3-5-7-14/h8,10-11,14,16H,2-7,9,12-13H2,1H3. The molecule has 2 aliphatic rings. The molecule has 0 amide bonds. The lowest BCUT2D eigenvalue weighted by Gasteiger charge is -2.29. The first-order chi connectivity index (χ1) is 12.2. The summed E-state index contributed by atoms with van der Waals surface area (Å²) in [6, 6.07) is 2.79. The van der Waals surface area contributed by atoms with E-state index in [0.717, 1.165) is 6.42 Å². The topological polar surface area (TPSA) is 27.7 Å². The molecule has 1 aliphatic carbocycles. The molecule has 0 saturated heterocycles. The average Bonchev–Trinajstić information content (AvgIpc) is 2.66. The fraction of sp³-hybridized carbons (Fsp3) is 0.600. The van der Waals surface area contributed by atoms with E-state index >= 15 is 0 Å². The Morgan fingerprint density at radius 2 is 1.72 bits per heavy atom. The lowest BCUT2D eigenvalue weighted by atomic mass is 9.83. The summed E-state index contributed by atoms with van der Waals surface area (Å²) in [5.74, 6) is -1.57. The number of halogens is 2. The zero-order chi connectivity index (χ0) is 17.6. The molecule has 0 aromatic heterocycles. The van der Waals surface area contributed by atoms with Crippen LogP contribution in [0.3, 0.4) is 0 Å². The molecule has 0 radical (unpaired) electrons. The Kier molecular flexibility index (Phi) is 6.29. The van der Waals surface area contributed by atoms with E-state index in [0.29, 0.717) is 12.5 Å². The Balaban J connectivity index is 1.53. The lowest BCUT2D eigenvalue weighted by molar-refractivity contribution is 0.0210. The van der Waals surface area contributed by atoms with Crippen LogP contribution >= 0.6 is 0 Å². The van der Waals surface area contributed by atoms with Gasteiger partial charge in [-0.3, -0.25) is 0 Å². The molecule has 1 saturated carbocycles.